The van der Waals surface area contributed by atoms with Crippen molar-refractivity contribution >= 4 is 0 Å². The predicted molar refractivity (Wildman–Crippen MR) is 28.9 cm³/mol. The van der Waals surface area contributed by atoms with Crippen molar-refractivity contribution in [1.82, 2.24) is 0 Å². The Morgan fingerprint density at radius 1 is 1.71 bits per heavy atom. The van der Waals surface area contributed by atoms with Gasteiger partial charge >= 0.3 is 0 Å². The molecule has 1 rings (SSSR count). The van der Waals surface area contributed by atoms with Crippen LogP contribution in [-0.2, 0) is 4.74 Å². The molecule has 0 aromatic carbocycles. The first-order valence-electron chi connectivity index (χ1n) is 2.57. The second kappa shape index (κ2) is 1.22. The lowest BCUT2D eigenvalue weighted by Gasteiger charge is -2.12. The molecule has 1 unspecified atom stereocenters. The molecule has 0 spiro atoms. The Morgan fingerprint density at radius 3 is 2.14 bits per heavy atom. The maximum atomic E-state index is 5.01. The zero-order valence-corrected chi connectivity index (χ0v) is 4.90. The first kappa shape index (κ1) is 5.10. The maximum Gasteiger partial charge on any atom is 0.0860 e. The van der Waals surface area contributed by atoms with Crippen molar-refractivity contribution < 1.29 is 4.74 Å². The number of hydrogen-bond acceptors (Lipinski definition) is 1. The summed E-state index contributed by atoms with van der Waals surface area (Å²) in [5, 5.41) is 0. The molecule has 1 aliphatic rings. The third kappa shape index (κ3) is 1.16. The molecule has 0 aliphatic carbocycles. The van der Waals surface area contributed by atoms with Crippen molar-refractivity contribution in [2.75, 3.05) is 6.61 Å². The van der Waals surface area contributed by atoms with Crippen molar-refractivity contribution in [2.45, 2.75) is 20.0 Å². The molecule has 1 saturated heterocycles. The van der Waals surface area contributed by atoms with Gasteiger partial charge < -0.3 is 4.74 Å². The van der Waals surface area contributed by atoms with E-state index in [1.54, 1.807) is 0 Å². The molecule has 1 radical (unpaired) electrons. The number of ether oxygens (including phenoxy) is 1. The molecule has 0 amide bonds. The van der Waals surface area contributed by atoms with E-state index in [1.807, 2.05) is 0 Å². The van der Waals surface area contributed by atoms with Crippen molar-refractivity contribution in [2.24, 2.45) is 5.41 Å². The molecule has 0 bridgehead atoms. The molecule has 0 aromatic rings. The standard InChI is InChI=1S/C6H11O/c1-6(2,3)5-4-7-5/h5H,1,4H2,2-3H3. The highest BCUT2D eigenvalue weighted by atomic mass is 16.6. The van der Waals surface area contributed by atoms with Crippen LogP contribution in [0, 0.1) is 12.3 Å². The van der Waals surface area contributed by atoms with Gasteiger partial charge in [0.15, 0.2) is 0 Å². The Balaban J connectivity index is 2.36. The van der Waals surface area contributed by atoms with Gasteiger partial charge in [0.1, 0.15) is 0 Å². The summed E-state index contributed by atoms with van der Waals surface area (Å²) >= 11 is 0. The van der Waals surface area contributed by atoms with Gasteiger partial charge in [0.25, 0.3) is 0 Å². The van der Waals surface area contributed by atoms with Gasteiger partial charge in [0.2, 0.25) is 0 Å². The van der Waals surface area contributed by atoms with Gasteiger partial charge in [0, 0.05) is 0 Å². The minimum absolute atomic E-state index is 0.139. The summed E-state index contributed by atoms with van der Waals surface area (Å²) in [5.41, 5.74) is 0.139. The SMILES string of the molecule is [CH2]C(C)(C)C1CO1. The Labute approximate surface area is 44.7 Å². The van der Waals surface area contributed by atoms with Gasteiger partial charge in [0.05, 0.1) is 12.7 Å². The van der Waals surface area contributed by atoms with E-state index in [0.29, 0.717) is 6.10 Å². The van der Waals surface area contributed by atoms with Gasteiger partial charge in [-0.1, -0.05) is 13.8 Å². The molecular formula is C6H11O. The summed E-state index contributed by atoms with van der Waals surface area (Å²) in [6, 6.07) is 0. The van der Waals surface area contributed by atoms with Crippen LogP contribution in [-0.4, -0.2) is 12.7 Å². The highest BCUT2D eigenvalue weighted by Crippen LogP contribution is 2.30. The first-order valence-corrected chi connectivity index (χ1v) is 2.57. The van der Waals surface area contributed by atoms with E-state index in [0.717, 1.165) is 6.61 Å². The number of hydrogen-bond donors (Lipinski definition) is 0. The highest BCUT2D eigenvalue weighted by Gasteiger charge is 2.35. The lowest BCUT2D eigenvalue weighted by atomic mass is 9.93. The summed E-state index contributed by atoms with van der Waals surface area (Å²) in [6.07, 6.45) is 0.437. The van der Waals surface area contributed by atoms with Crippen molar-refractivity contribution in [3.05, 3.63) is 6.92 Å². The molecule has 1 atom stereocenters. The highest BCUT2D eigenvalue weighted by molar-refractivity contribution is 4.88. The molecule has 1 heterocycles. The smallest absolute Gasteiger partial charge is 0.0860 e. The van der Waals surface area contributed by atoms with Gasteiger partial charge in [-0.25, -0.2) is 0 Å². The zero-order valence-electron chi connectivity index (χ0n) is 4.90. The Kier molecular flexibility index (Phi) is 0.890. The third-order valence-corrected chi connectivity index (χ3v) is 1.20. The monoisotopic (exact) mass is 99.1 g/mol. The van der Waals surface area contributed by atoms with Crippen LogP contribution in [0.1, 0.15) is 13.8 Å². The fourth-order valence-electron chi connectivity index (χ4n) is 0.499. The Hall–Kier alpha value is -0.0400. The molecule has 1 aliphatic heterocycles. The first-order chi connectivity index (χ1) is 3.11. The van der Waals surface area contributed by atoms with E-state index in [2.05, 4.69) is 20.8 Å². The van der Waals surface area contributed by atoms with E-state index in [-0.39, 0.29) is 5.41 Å². The van der Waals surface area contributed by atoms with E-state index >= 15 is 0 Å². The minimum Gasteiger partial charge on any atom is -0.373 e. The summed E-state index contributed by atoms with van der Waals surface area (Å²) in [7, 11) is 0. The summed E-state index contributed by atoms with van der Waals surface area (Å²) < 4.78 is 5.01. The molecule has 41 valence electrons. The largest absolute Gasteiger partial charge is 0.373 e. The van der Waals surface area contributed by atoms with Crippen LogP contribution in [0.5, 0.6) is 0 Å². The summed E-state index contributed by atoms with van der Waals surface area (Å²) in [5.74, 6) is 0. The van der Waals surface area contributed by atoms with Crippen LogP contribution in [0.3, 0.4) is 0 Å². The predicted octanol–water partition coefficient (Wildman–Crippen LogP) is 1.25. The molecule has 1 heteroatoms. The summed E-state index contributed by atoms with van der Waals surface area (Å²) in [6.45, 7) is 9.00. The van der Waals surface area contributed by atoms with Crippen molar-refractivity contribution in [3.8, 4) is 0 Å². The quantitative estimate of drug-likeness (QED) is 0.451. The van der Waals surface area contributed by atoms with Crippen LogP contribution in [0.2, 0.25) is 0 Å². The van der Waals surface area contributed by atoms with Crippen molar-refractivity contribution in [3.63, 3.8) is 0 Å². The summed E-state index contributed by atoms with van der Waals surface area (Å²) in [4.78, 5) is 0. The molecule has 0 N–H and O–H groups in total. The average molecular weight is 99.2 g/mol. The minimum atomic E-state index is 0.139. The van der Waals surface area contributed by atoms with Crippen LogP contribution in [0.15, 0.2) is 0 Å². The van der Waals surface area contributed by atoms with Crippen LogP contribution < -0.4 is 0 Å². The third-order valence-electron chi connectivity index (χ3n) is 1.20. The second-order valence-corrected chi connectivity index (χ2v) is 2.81. The molecule has 1 nitrogen and oxygen atoms in total. The van der Waals surface area contributed by atoms with Gasteiger partial charge in [-0.3, -0.25) is 0 Å². The fraction of sp³-hybridized carbons (Fsp3) is 0.833. The van der Waals surface area contributed by atoms with Gasteiger partial charge in [-0.2, -0.15) is 0 Å². The normalized spacial score (nSPS) is 30.4. The van der Waals surface area contributed by atoms with Crippen molar-refractivity contribution in [1.29, 1.82) is 0 Å². The zero-order chi connectivity index (χ0) is 5.49. The Morgan fingerprint density at radius 2 is 2.14 bits per heavy atom. The second-order valence-electron chi connectivity index (χ2n) is 2.81. The number of epoxide rings is 1. The van der Waals surface area contributed by atoms with Crippen LogP contribution in [0.25, 0.3) is 0 Å². The molecule has 0 saturated carbocycles. The molecule has 0 aromatic heterocycles. The Bertz CT molecular complexity index is 66.7. The number of rotatable bonds is 1. The van der Waals surface area contributed by atoms with E-state index in [1.165, 1.54) is 0 Å². The molecular weight excluding hydrogens is 88.1 g/mol. The van der Waals surface area contributed by atoms with Gasteiger partial charge in [-0.05, 0) is 12.3 Å². The topological polar surface area (TPSA) is 12.5 Å². The maximum absolute atomic E-state index is 5.01. The molecule has 7 heavy (non-hydrogen) atoms. The average Bonchev–Trinajstić information content (AvgIpc) is 1.99. The van der Waals surface area contributed by atoms with E-state index in [9.17, 15) is 0 Å². The lowest BCUT2D eigenvalue weighted by molar-refractivity contribution is 0.294. The van der Waals surface area contributed by atoms with Gasteiger partial charge in [-0.15, -0.1) is 0 Å². The van der Waals surface area contributed by atoms with E-state index in [4.69, 9.17) is 4.74 Å². The van der Waals surface area contributed by atoms with E-state index < -0.39 is 0 Å². The van der Waals surface area contributed by atoms with Crippen LogP contribution >= 0.6 is 0 Å². The lowest BCUT2D eigenvalue weighted by Crippen LogP contribution is -2.13. The molecule has 1 fully saturated rings. The fourth-order valence-corrected chi connectivity index (χ4v) is 0.499. The van der Waals surface area contributed by atoms with Crippen LogP contribution in [0.4, 0.5) is 0 Å².